The molecule has 1 atom stereocenters. The summed E-state index contributed by atoms with van der Waals surface area (Å²) in [7, 11) is 0. The summed E-state index contributed by atoms with van der Waals surface area (Å²) in [6.07, 6.45) is 0. The Kier molecular flexibility index (Phi) is 3.95. The Labute approximate surface area is 80.7 Å². The quantitative estimate of drug-likeness (QED) is 0.702. The summed E-state index contributed by atoms with van der Waals surface area (Å²) in [4.78, 5) is 0. The average Bonchev–Trinajstić information content (AvgIpc) is 2.09. The zero-order chi connectivity index (χ0) is 8.10. The Hall–Kier alpha value is -0.0100. The van der Waals surface area contributed by atoms with Crippen molar-refractivity contribution in [3.8, 4) is 0 Å². The Bertz CT molecular complexity index is 194. The lowest BCUT2D eigenvalue weighted by Crippen LogP contribution is -2.00. The number of benzene rings is 1. The molecule has 0 radical (unpaired) electrons. The highest BCUT2D eigenvalue weighted by atomic mass is 79.9. The summed E-state index contributed by atoms with van der Waals surface area (Å²) in [6.45, 7) is 0. The molecular formula is C9H10BrCl. The van der Waals surface area contributed by atoms with E-state index in [1.807, 2.05) is 18.2 Å². The van der Waals surface area contributed by atoms with Crippen molar-refractivity contribution in [2.45, 2.75) is 5.92 Å². The molecule has 0 bridgehead atoms. The van der Waals surface area contributed by atoms with Gasteiger partial charge in [-0.1, -0.05) is 46.3 Å². The van der Waals surface area contributed by atoms with Crippen LogP contribution in [0.1, 0.15) is 11.5 Å². The van der Waals surface area contributed by atoms with Gasteiger partial charge >= 0.3 is 0 Å². The molecule has 1 aromatic carbocycles. The maximum atomic E-state index is 5.77. The molecule has 0 aliphatic carbocycles. The van der Waals surface area contributed by atoms with Crippen LogP contribution in [-0.2, 0) is 0 Å². The highest BCUT2D eigenvalue weighted by Crippen LogP contribution is 2.18. The number of rotatable bonds is 3. The molecule has 0 saturated heterocycles. The molecular weight excluding hydrogens is 223 g/mol. The van der Waals surface area contributed by atoms with Crippen LogP contribution in [0.5, 0.6) is 0 Å². The van der Waals surface area contributed by atoms with Crippen molar-refractivity contribution < 1.29 is 0 Å². The molecule has 60 valence electrons. The molecule has 0 heterocycles. The predicted molar refractivity (Wildman–Crippen MR) is 53.7 cm³/mol. The van der Waals surface area contributed by atoms with E-state index in [9.17, 15) is 0 Å². The van der Waals surface area contributed by atoms with Gasteiger partial charge in [0, 0.05) is 17.1 Å². The van der Waals surface area contributed by atoms with Crippen molar-refractivity contribution in [3.05, 3.63) is 35.9 Å². The van der Waals surface area contributed by atoms with Crippen molar-refractivity contribution >= 4 is 27.5 Å². The van der Waals surface area contributed by atoms with Gasteiger partial charge in [-0.25, -0.2) is 0 Å². The lowest BCUT2D eigenvalue weighted by atomic mass is 10.0. The minimum Gasteiger partial charge on any atom is -0.126 e. The SMILES string of the molecule is ClCC(CBr)c1ccccc1. The number of halogens is 2. The highest BCUT2D eigenvalue weighted by molar-refractivity contribution is 9.09. The average molecular weight is 234 g/mol. The van der Waals surface area contributed by atoms with Gasteiger partial charge in [-0.15, -0.1) is 11.6 Å². The van der Waals surface area contributed by atoms with Crippen molar-refractivity contribution in [3.63, 3.8) is 0 Å². The molecule has 0 nitrogen and oxygen atoms in total. The lowest BCUT2D eigenvalue weighted by molar-refractivity contribution is 0.897. The molecule has 0 amide bonds. The normalized spacial score (nSPS) is 12.9. The van der Waals surface area contributed by atoms with E-state index < -0.39 is 0 Å². The third-order valence-electron chi connectivity index (χ3n) is 1.64. The summed E-state index contributed by atoms with van der Waals surface area (Å²) >= 11 is 9.20. The third-order valence-corrected chi connectivity index (χ3v) is 2.80. The van der Waals surface area contributed by atoms with Crippen molar-refractivity contribution in [1.29, 1.82) is 0 Å². The second kappa shape index (κ2) is 4.78. The van der Waals surface area contributed by atoms with Gasteiger partial charge in [0.2, 0.25) is 0 Å². The van der Waals surface area contributed by atoms with E-state index in [0.29, 0.717) is 11.8 Å². The van der Waals surface area contributed by atoms with Gasteiger partial charge in [0.25, 0.3) is 0 Å². The molecule has 1 unspecified atom stereocenters. The first-order chi connectivity index (χ1) is 5.38. The van der Waals surface area contributed by atoms with E-state index in [2.05, 4.69) is 28.1 Å². The molecule has 1 aromatic rings. The van der Waals surface area contributed by atoms with E-state index in [1.54, 1.807) is 0 Å². The van der Waals surface area contributed by atoms with Gasteiger partial charge in [0.05, 0.1) is 0 Å². The minimum absolute atomic E-state index is 0.442. The predicted octanol–water partition coefficient (Wildman–Crippen LogP) is 3.40. The topological polar surface area (TPSA) is 0 Å². The highest BCUT2D eigenvalue weighted by Gasteiger charge is 2.06. The van der Waals surface area contributed by atoms with Crippen LogP contribution in [0.4, 0.5) is 0 Å². The first kappa shape index (κ1) is 9.08. The molecule has 11 heavy (non-hydrogen) atoms. The molecule has 0 N–H and O–H groups in total. The Morgan fingerprint density at radius 1 is 1.27 bits per heavy atom. The van der Waals surface area contributed by atoms with Gasteiger partial charge in [0.15, 0.2) is 0 Å². The molecule has 1 rings (SSSR count). The first-order valence-electron chi connectivity index (χ1n) is 3.55. The maximum Gasteiger partial charge on any atom is 0.0300 e. The van der Waals surface area contributed by atoms with E-state index >= 15 is 0 Å². The summed E-state index contributed by atoms with van der Waals surface area (Å²) in [6, 6.07) is 10.3. The van der Waals surface area contributed by atoms with Gasteiger partial charge < -0.3 is 0 Å². The molecule has 0 aliphatic heterocycles. The van der Waals surface area contributed by atoms with E-state index in [4.69, 9.17) is 11.6 Å². The van der Waals surface area contributed by atoms with Gasteiger partial charge in [-0.2, -0.15) is 0 Å². The zero-order valence-corrected chi connectivity index (χ0v) is 8.48. The van der Waals surface area contributed by atoms with Crippen molar-refractivity contribution in [2.24, 2.45) is 0 Å². The fourth-order valence-corrected chi connectivity index (χ4v) is 2.10. The van der Waals surface area contributed by atoms with Crippen LogP contribution in [0.3, 0.4) is 0 Å². The second-order valence-corrected chi connectivity index (χ2v) is 3.37. The van der Waals surface area contributed by atoms with Crippen LogP contribution < -0.4 is 0 Å². The van der Waals surface area contributed by atoms with E-state index in [0.717, 1.165) is 5.33 Å². The van der Waals surface area contributed by atoms with E-state index in [-0.39, 0.29) is 0 Å². The second-order valence-electron chi connectivity index (χ2n) is 2.42. The fourth-order valence-electron chi connectivity index (χ4n) is 0.945. The van der Waals surface area contributed by atoms with Gasteiger partial charge in [0.1, 0.15) is 0 Å². The summed E-state index contributed by atoms with van der Waals surface area (Å²) in [5.74, 6) is 1.12. The van der Waals surface area contributed by atoms with Crippen LogP contribution in [-0.4, -0.2) is 11.2 Å². The van der Waals surface area contributed by atoms with Crippen LogP contribution in [0, 0.1) is 0 Å². The molecule has 0 saturated carbocycles. The lowest BCUT2D eigenvalue weighted by Gasteiger charge is -2.09. The summed E-state index contributed by atoms with van der Waals surface area (Å²) < 4.78 is 0. The monoisotopic (exact) mass is 232 g/mol. The smallest absolute Gasteiger partial charge is 0.0300 e. The first-order valence-corrected chi connectivity index (χ1v) is 5.21. The number of alkyl halides is 2. The van der Waals surface area contributed by atoms with Crippen molar-refractivity contribution in [1.82, 2.24) is 0 Å². The van der Waals surface area contributed by atoms with Crippen LogP contribution in [0.15, 0.2) is 30.3 Å². The summed E-state index contributed by atoms with van der Waals surface area (Å²) in [5, 5.41) is 0.931. The number of hydrogen-bond acceptors (Lipinski definition) is 0. The molecule has 0 spiro atoms. The molecule has 0 aromatic heterocycles. The van der Waals surface area contributed by atoms with Crippen LogP contribution in [0.25, 0.3) is 0 Å². The summed E-state index contributed by atoms with van der Waals surface area (Å²) in [5.41, 5.74) is 1.30. The van der Waals surface area contributed by atoms with E-state index in [1.165, 1.54) is 5.56 Å². The van der Waals surface area contributed by atoms with Crippen molar-refractivity contribution in [2.75, 3.05) is 11.2 Å². The fraction of sp³-hybridized carbons (Fsp3) is 0.333. The van der Waals surface area contributed by atoms with Crippen LogP contribution in [0.2, 0.25) is 0 Å². The molecule has 2 heteroatoms. The van der Waals surface area contributed by atoms with Gasteiger partial charge in [-0.3, -0.25) is 0 Å². The zero-order valence-electron chi connectivity index (χ0n) is 6.13. The number of hydrogen-bond donors (Lipinski definition) is 0. The Morgan fingerprint density at radius 3 is 2.36 bits per heavy atom. The third kappa shape index (κ3) is 2.49. The maximum absolute atomic E-state index is 5.77. The van der Waals surface area contributed by atoms with Gasteiger partial charge in [-0.05, 0) is 5.56 Å². The standard InChI is InChI=1S/C9H10BrCl/c10-6-9(7-11)8-4-2-1-3-5-8/h1-5,9H,6-7H2. The largest absolute Gasteiger partial charge is 0.126 e. The minimum atomic E-state index is 0.442. The van der Waals surface area contributed by atoms with Crippen LogP contribution >= 0.6 is 27.5 Å². The Morgan fingerprint density at radius 2 is 1.91 bits per heavy atom. The molecule has 0 fully saturated rings. The Balaban J connectivity index is 2.74. The molecule has 0 aliphatic rings.